The Bertz CT molecular complexity index is 779. The Kier molecular flexibility index (Phi) is 5.71. The standard InChI is InChI=1S/C21H27N5O2/c1-2-17-3-5-18(6-4-17)21(27)26-11-9-24(10-12-26)19-7-8-20(23-22-19)25-13-15-28-16-14-25/h3-8H,2,9-16H2,1H3. The maximum Gasteiger partial charge on any atom is 0.253 e. The van der Waals surface area contributed by atoms with Crippen LogP contribution >= 0.6 is 0 Å². The van der Waals surface area contributed by atoms with Gasteiger partial charge in [0.2, 0.25) is 0 Å². The fourth-order valence-corrected chi connectivity index (χ4v) is 3.65. The summed E-state index contributed by atoms with van der Waals surface area (Å²) in [5, 5.41) is 8.81. The van der Waals surface area contributed by atoms with Crippen molar-refractivity contribution in [2.45, 2.75) is 13.3 Å². The second-order valence-electron chi connectivity index (χ2n) is 7.18. The summed E-state index contributed by atoms with van der Waals surface area (Å²) in [5.74, 6) is 1.88. The maximum atomic E-state index is 12.7. The van der Waals surface area contributed by atoms with Crippen molar-refractivity contribution in [3.63, 3.8) is 0 Å². The Balaban J connectivity index is 1.33. The molecule has 1 amide bonds. The van der Waals surface area contributed by atoms with Crippen molar-refractivity contribution < 1.29 is 9.53 Å². The Morgan fingerprint density at radius 1 is 0.857 bits per heavy atom. The topological polar surface area (TPSA) is 61.8 Å². The molecule has 2 saturated heterocycles. The van der Waals surface area contributed by atoms with E-state index in [1.807, 2.05) is 41.3 Å². The lowest BCUT2D eigenvalue weighted by Crippen LogP contribution is -2.49. The largest absolute Gasteiger partial charge is 0.378 e. The number of amides is 1. The first-order chi connectivity index (χ1) is 13.7. The number of ether oxygens (including phenoxy) is 1. The smallest absolute Gasteiger partial charge is 0.253 e. The van der Waals surface area contributed by atoms with Crippen LogP contribution in [0.4, 0.5) is 11.6 Å². The lowest BCUT2D eigenvalue weighted by Gasteiger charge is -2.35. The van der Waals surface area contributed by atoms with E-state index >= 15 is 0 Å². The van der Waals surface area contributed by atoms with Crippen LogP contribution in [0.3, 0.4) is 0 Å². The van der Waals surface area contributed by atoms with Gasteiger partial charge in [0.1, 0.15) is 0 Å². The third-order valence-corrected chi connectivity index (χ3v) is 5.47. The zero-order valence-corrected chi connectivity index (χ0v) is 16.4. The molecule has 7 nitrogen and oxygen atoms in total. The van der Waals surface area contributed by atoms with Crippen molar-refractivity contribution >= 4 is 17.5 Å². The molecule has 0 radical (unpaired) electrons. The summed E-state index contributed by atoms with van der Waals surface area (Å²) in [6.07, 6.45) is 0.985. The molecule has 2 fully saturated rings. The Hall–Kier alpha value is -2.67. The van der Waals surface area contributed by atoms with E-state index in [9.17, 15) is 4.79 Å². The van der Waals surface area contributed by atoms with Gasteiger partial charge in [0, 0.05) is 44.8 Å². The first kappa shape index (κ1) is 18.7. The minimum Gasteiger partial charge on any atom is -0.378 e. The van der Waals surface area contributed by atoms with Gasteiger partial charge in [-0.1, -0.05) is 19.1 Å². The van der Waals surface area contributed by atoms with Crippen molar-refractivity contribution in [2.75, 3.05) is 62.3 Å². The van der Waals surface area contributed by atoms with Crippen LogP contribution in [-0.4, -0.2) is 73.5 Å². The molecule has 0 atom stereocenters. The molecule has 2 aliphatic heterocycles. The highest BCUT2D eigenvalue weighted by molar-refractivity contribution is 5.94. The molecule has 0 spiro atoms. The monoisotopic (exact) mass is 381 g/mol. The number of hydrogen-bond donors (Lipinski definition) is 0. The number of anilines is 2. The Labute approximate surface area is 165 Å². The summed E-state index contributed by atoms with van der Waals surface area (Å²) in [6.45, 7) is 8.23. The molecule has 0 unspecified atom stereocenters. The number of benzene rings is 1. The van der Waals surface area contributed by atoms with Crippen LogP contribution in [0.5, 0.6) is 0 Å². The third-order valence-electron chi connectivity index (χ3n) is 5.47. The second kappa shape index (κ2) is 8.56. The predicted octanol–water partition coefficient (Wildman–Crippen LogP) is 1.84. The first-order valence-electron chi connectivity index (χ1n) is 10.0. The number of morpholine rings is 1. The molecular weight excluding hydrogens is 354 g/mol. The van der Waals surface area contributed by atoms with Gasteiger partial charge >= 0.3 is 0 Å². The SMILES string of the molecule is CCc1ccc(C(=O)N2CCN(c3ccc(N4CCOCC4)nn3)CC2)cc1. The molecule has 3 heterocycles. The van der Waals surface area contributed by atoms with Gasteiger partial charge in [0.25, 0.3) is 5.91 Å². The Morgan fingerprint density at radius 2 is 1.43 bits per heavy atom. The molecule has 0 aliphatic carbocycles. The molecular formula is C21H27N5O2. The summed E-state index contributed by atoms with van der Waals surface area (Å²) in [7, 11) is 0. The molecule has 2 aliphatic rings. The highest BCUT2D eigenvalue weighted by atomic mass is 16.5. The third kappa shape index (κ3) is 4.09. The van der Waals surface area contributed by atoms with Crippen molar-refractivity contribution in [3.05, 3.63) is 47.5 Å². The van der Waals surface area contributed by atoms with Gasteiger partial charge in [-0.15, -0.1) is 10.2 Å². The zero-order chi connectivity index (χ0) is 19.3. The average molecular weight is 381 g/mol. The molecule has 28 heavy (non-hydrogen) atoms. The first-order valence-corrected chi connectivity index (χ1v) is 10.0. The molecule has 148 valence electrons. The summed E-state index contributed by atoms with van der Waals surface area (Å²) in [5.41, 5.74) is 2.01. The average Bonchev–Trinajstić information content (AvgIpc) is 2.79. The Morgan fingerprint density at radius 3 is 1.96 bits per heavy atom. The van der Waals surface area contributed by atoms with E-state index in [4.69, 9.17) is 4.74 Å². The van der Waals surface area contributed by atoms with Crippen LogP contribution in [-0.2, 0) is 11.2 Å². The van der Waals surface area contributed by atoms with Gasteiger partial charge in [0.15, 0.2) is 11.6 Å². The van der Waals surface area contributed by atoms with Gasteiger partial charge in [0.05, 0.1) is 13.2 Å². The minimum absolute atomic E-state index is 0.107. The highest BCUT2D eigenvalue weighted by Gasteiger charge is 2.23. The number of nitrogens with zero attached hydrogens (tertiary/aromatic N) is 5. The van der Waals surface area contributed by atoms with Crippen molar-refractivity contribution in [3.8, 4) is 0 Å². The van der Waals surface area contributed by atoms with Crippen molar-refractivity contribution in [1.82, 2.24) is 15.1 Å². The van der Waals surface area contributed by atoms with Gasteiger partial charge in [-0.25, -0.2) is 0 Å². The van der Waals surface area contributed by atoms with Crippen LogP contribution in [0.2, 0.25) is 0 Å². The molecule has 1 aromatic carbocycles. The number of piperazine rings is 1. The number of aromatic nitrogens is 2. The summed E-state index contributed by atoms with van der Waals surface area (Å²) in [6, 6.07) is 12.0. The van der Waals surface area contributed by atoms with E-state index in [0.29, 0.717) is 13.1 Å². The van der Waals surface area contributed by atoms with Crippen LogP contribution < -0.4 is 9.80 Å². The van der Waals surface area contributed by atoms with E-state index in [1.165, 1.54) is 5.56 Å². The van der Waals surface area contributed by atoms with E-state index < -0.39 is 0 Å². The number of rotatable bonds is 4. The molecule has 4 rings (SSSR count). The van der Waals surface area contributed by atoms with E-state index in [1.54, 1.807) is 0 Å². The van der Waals surface area contributed by atoms with Crippen molar-refractivity contribution in [2.24, 2.45) is 0 Å². The zero-order valence-electron chi connectivity index (χ0n) is 16.4. The van der Waals surface area contributed by atoms with Crippen LogP contribution in [0, 0.1) is 0 Å². The van der Waals surface area contributed by atoms with Crippen LogP contribution in [0.15, 0.2) is 36.4 Å². The van der Waals surface area contributed by atoms with E-state index in [-0.39, 0.29) is 5.91 Å². The van der Waals surface area contributed by atoms with E-state index in [0.717, 1.165) is 63.0 Å². The van der Waals surface area contributed by atoms with Gasteiger partial charge in [-0.3, -0.25) is 4.79 Å². The molecule has 0 saturated carbocycles. The number of hydrogen-bond acceptors (Lipinski definition) is 6. The minimum atomic E-state index is 0.107. The molecule has 0 N–H and O–H groups in total. The van der Waals surface area contributed by atoms with Crippen molar-refractivity contribution in [1.29, 1.82) is 0 Å². The lowest BCUT2D eigenvalue weighted by atomic mass is 10.1. The van der Waals surface area contributed by atoms with Gasteiger partial charge < -0.3 is 19.4 Å². The van der Waals surface area contributed by atoms with Gasteiger partial charge in [-0.2, -0.15) is 0 Å². The normalized spacial score (nSPS) is 17.7. The molecule has 7 heteroatoms. The summed E-state index contributed by atoms with van der Waals surface area (Å²) >= 11 is 0. The molecule has 2 aromatic rings. The van der Waals surface area contributed by atoms with Gasteiger partial charge in [-0.05, 0) is 36.2 Å². The fourth-order valence-electron chi connectivity index (χ4n) is 3.65. The molecule has 0 bridgehead atoms. The van der Waals surface area contributed by atoms with E-state index in [2.05, 4.69) is 26.9 Å². The summed E-state index contributed by atoms with van der Waals surface area (Å²) < 4.78 is 5.38. The number of carbonyl (C=O) groups excluding carboxylic acids is 1. The number of aryl methyl sites for hydroxylation is 1. The molecule has 1 aromatic heterocycles. The highest BCUT2D eigenvalue weighted by Crippen LogP contribution is 2.18. The summed E-state index contributed by atoms with van der Waals surface area (Å²) in [4.78, 5) is 19.0. The maximum absolute atomic E-state index is 12.7. The quantitative estimate of drug-likeness (QED) is 0.805. The van der Waals surface area contributed by atoms with Crippen LogP contribution in [0.1, 0.15) is 22.8 Å². The predicted molar refractivity (Wildman–Crippen MR) is 109 cm³/mol. The second-order valence-corrected chi connectivity index (χ2v) is 7.18. The van der Waals surface area contributed by atoms with Crippen LogP contribution in [0.25, 0.3) is 0 Å². The lowest BCUT2D eigenvalue weighted by molar-refractivity contribution is 0.0746. The number of carbonyl (C=O) groups is 1. The fraction of sp³-hybridized carbons (Fsp3) is 0.476.